The van der Waals surface area contributed by atoms with Crippen molar-refractivity contribution in [1.82, 2.24) is 4.90 Å². The van der Waals surface area contributed by atoms with E-state index in [1.54, 1.807) is 0 Å². The molecule has 0 spiro atoms. The number of nitrogens with one attached hydrogen (secondary N) is 1. The van der Waals surface area contributed by atoms with Gasteiger partial charge in [0.1, 0.15) is 12.4 Å². The summed E-state index contributed by atoms with van der Waals surface area (Å²) in [5.41, 5.74) is -0.0583. The molecular weight excluding hydrogens is 327 g/mol. The molecule has 2 rings (SSSR count). The van der Waals surface area contributed by atoms with Crippen molar-refractivity contribution in [2.45, 2.75) is 25.9 Å². The molecule has 124 valence electrons. The molecule has 8 heteroatoms. The topological polar surface area (TPSA) is 75.7 Å². The molecule has 0 aliphatic carbocycles. The number of benzene rings is 1. The molecule has 1 aromatic rings. The van der Waals surface area contributed by atoms with E-state index in [2.05, 4.69) is 5.32 Å². The Morgan fingerprint density at radius 2 is 2.22 bits per heavy atom. The Morgan fingerprint density at radius 3 is 2.83 bits per heavy atom. The first kappa shape index (κ1) is 17.2. The van der Waals surface area contributed by atoms with Gasteiger partial charge in [0.25, 0.3) is 5.91 Å². The van der Waals surface area contributed by atoms with E-state index in [-0.39, 0.29) is 23.2 Å². The highest BCUT2D eigenvalue weighted by atomic mass is 35.5. The first-order chi connectivity index (χ1) is 10.9. The quantitative estimate of drug-likeness (QED) is 0.830. The van der Waals surface area contributed by atoms with Crippen molar-refractivity contribution in [3.63, 3.8) is 0 Å². The van der Waals surface area contributed by atoms with Crippen LogP contribution in [0.1, 0.15) is 19.8 Å². The van der Waals surface area contributed by atoms with Gasteiger partial charge < -0.3 is 15.0 Å². The normalized spacial score (nSPS) is 15.4. The lowest BCUT2D eigenvalue weighted by molar-refractivity contribution is -0.155. The van der Waals surface area contributed by atoms with Crippen LogP contribution in [0.4, 0.5) is 10.1 Å². The predicted molar refractivity (Wildman–Crippen MR) is 81.4 cm³/mol. The number of likely N-dealkylation sites (tertiary alicyclic amines) is 1. The standard InChI is InChI=1S/C15H16ClFN2O4/c1-9(23-14(21)8-19-6-2-3-13(19)20)15(22)18-12-5-4-10(16)7-11(12)17/h4-5,7,9H,2-3,6,8H2,1H3,(H,18,22)/t9-/m1/s1. The second-order valence-corrected chi connectivity index (χ2v) is 5.60. The molecule has 2 amide bonds. The molecule has 23 heavy (non-hydrogen) atoms. The summed E-state index contributed by atoms with van der Waals surface area (Å²) in [5.74, 6) is -2.15. The van der Waals surface area contributed by atoms with Crippen LogP contribution in [0, 0.1) is 5.82 Å². The fourth-order valence-corrected chi connectivity index (χ4v) is 2.30. The zero-order valence-corrected chi connectivity index (χ0v) is 13.2. The monoisotopic (exact) mass is 342 g/mol. The summed E-state index contributed by atoms with van der Waals surface area (Å²) in [6, 6.07) is 3.80. The van der Waals surface area contributed by atoms with Gasteiger partial charge in [0, 0.05) is 18.0 Å². The summed E-state index contributed by atoms with van der Waals surface area (Å²) in [5, 5.41) is 2.52. The van der Waals surface area contributed by atoms with Gasteiger partial charge in [-0.15, -0.1) is 0 Å². The van der Waals surface area contributed by atoms with Crippen molar-refractivity contribution in [3.8, 4) is 0 Å². The first-order valence-electron chi connectivity index (χ1n) is 7.10. The molecule has 1 fully saturated rings. The minimum Gasteiger partial charge on any atom is -0.451 e. The van der Waals surface area contributed by atoms with Crippen LogP contribution < -0.4 is 5.32 Å². The maximum Gasteiger partial charge on any atom is 0.326 e. The van der Waals surface area contributed by atoms with E-state index >= 15 is 0 Å². The molecule has 1 saturated heterocycles. The third-order valence-electron chi connectivity index (χ3n) is 3.36. The number of halogens is 2. The van der Waals surface area contributed by atoms with Crippen LogP contribution in [-0.2, 0) is 19.1 Å². The van der Waals surface area contributed by atoms with Crippen molar-refractivity contribution < 1.29 is 23.5 Å². The summed E-state index contributed by atoms with van der Waals surface area (Å²) in [7, 11) is 0. The van der Waals surface area contributed by atoms with E-state index in [4.69, 9.17) is 16.3 Å². The van der Waals surface area contributed by atoms with Crippen LogP contribution in [0.15, 0.2) is 18.2 Å². The number of nitrogens with zero attached hydrogens (tertiary/aromatic N) is 1. The van der Waals surface area contributed by atoms with E-state index in [9.17, 15) is 18.8 Å². The van der Waals surface area contributed by atoms with Gasteiger partial charge in [-0.2, -0.15) is 0 Å². The van der Waals surface area contributed by atoms with E-state index < -0.39 is 23.8 Å². The Balaban J connectivity index is 1.86. The Hall–Kier alpha value is -2.15. The fourth-order valence-electron chi connectivity index (χ4n) is 2.14. The van der Waals surface area contributed by atoms with E-state index in [1.807, 2.05) is 0 Å². The summed E-state index contributed by atoms with van der Waals surface area (Å²) < 4.78 is 18.6. The number of carbonyl (C=O) groups excluding carboxylic acids is 3. The molecule has 1 atom stereocenters. The highest BCUT2D eigenvalue weighted by Crippen LogP contribution is 2.19. The third-order valence-corrected chi connectivity index (χ3v) is 3.59. The molecule has 0 unspecified atom stereocenters. The SMILES string of the molecule is C[C@@H](OC(=O)CN1CCCC1=O)C(=O)Nc1ccc(Cl)cc1F. The van der Waals surface area contributed by atoms with Crippen LogP contribution in [0.2, 0.25) is 5.02 Å². The van der Waals surface area contributed by atoms with Crippen LogP contribution >= 0.6 is 11.6 Å². The molecule has 6 nitrogen and oxygen atoms in total. The van der Waals surface area contributed by atoms with Crippen LogP contribution in [0.3, 0.4) is 0 Å². The summed E-state index contributed by atoms with van der Waals surface area (Å²) >= 11 is 5.62. The van der Waals surface area contributed by atoms with Crippen LogP contribution in [0.25, 0.3) is 0 Å². The Kier molecular flexibility index (Phi) is 5.54. The van der Waals surface area contributed by atoms with Gasteiger partial charge in [-0.1, -0.05) is 11.6 Å². The van der Waals surface area contributed by atoms with Gasteiger partial charge in [-0.05, 0) is 31.5 Å². The predicted octanol–water partition coefficient (Wildman–Crippen LogP) is 1.97. The number of rotatable bonds is 5. The maximum absolute atomic E-state index is 13.6. The van der Waals surface area contributed by atoms with Gasteiger partial charge in [-0.25, -0.2) is 4.39 Å². The van der Waals surface area contributed by atoms with Crippen molar-refractivity contribution >= 4 is 35.1 Å². The smallest absolute Gasteiger partial charge is 0.326 e. The number of esters is 1. The maximum atomic E-state index is 13.6. The van der Waals surface area contributed by atoms with Gasteiger partial charge in [-0.3, -0.25) is 14.4 Å². The Morgan fingerprint density at radius 1 is 1.48 bits per heavy atom. The summed E-state index contributed by atoms with van der Waals surface area (Å²) in [6.07, 6.45) is 0.00670. The third kappa shape index (κ3) is 4.66. The van der Waals surface area contributed by atoms with Crippen molar-refractivity contribution in [2.24, 2.45) is 0 Å². The molecule has 0 radical (unpaired) electrons. The van der Waals surface area contributed by atoms with E-state index in [1.165, 1.54) is 24.0 Å². The number of carbonyl (C=O) groups is 3. The molecule has 1 aliphatic rings. The fraction of sp³-hybridized carbons (Fsp3) is 0.400. The van der Waals surface area contributed by atoms with Gasteiger partial charge >= 0.3 is 5.97 Å². The molecule has 0 aromatic heterocycles. The van der Waals surface area contributed by atoms with Crippen molar-refractivity contribution in [3.05, 3.63) is 29.0 Å². The molecule has 1 heterocycles. The van der Waals surface area contributed by atoms with Gasteiger partial charge in [0.15, 0.2) is 6.10 Å². The number of hydrogen-bond donors (Lipinski definition) is 1. The number of ether oxygens (including phenoxy) is 1. The second-order valence-electron chi connectivity index (χ2n) is 5.16. The zero-order valence-electron chi connectivity index (χ0n) is 12.5. The summed E-state index contributed by atoms with van der Waals surface area (Å²) in [6.45, 7) is 1.68. The molecule has 1 aromatic carbocycles. The highest BCUT2D eigenvalue weighted by molar-refractivity contribution is 6.30. The molecule has 1 aliphatic heterocycles. The minimum atomic E-state index is -1.12. The molecule has 0 saturated carbocycles. The Bertz CT molecular complexity index is 638. The highest BCUT2D eigenvalue weighted by Gasteiger charge is 2.25. The summed E-state index contributed by atoms with van der Waals surface area (Å²) in [4.78, 5) is 36.5. The lowest BCUT2D eigenvalue weighted by Crippen LogP contribution is -2.36. The molecular formula is C15H16ClFN2O4. The van der Waals surface area contributed by atoms with Crippen molar-refractivity contribution in [2.75, 3.05) is 18.4 Å². The first-order valence-corrected chi connectivity index (χ1v) is 7.48. The van der Waals surface area contributed by atoms with E-state index in [0.717, 1.165) is 6.07 Å². The molecule has 0 bridgehead atoms. The second kappa shape index (κ2) is 7.41. The van der Waals surface area contributed by atoms with Gasteiger partial charge in [0.2, 0.25) is 5.91 Å². The van der Waals surface area contributed by atoms with Crippen LogP contribution in [-0.4, -0.2) is 41.9 Å². The number of amides is 2. The largest absolute Gasteiger partial charge is 0.451 e. The van der Waals surface area contributed by atoms with Crippen LogP contribution in [0.5, 0.6) is 0 Å². The van der Waals surface area contributed by atoms with Crippen molar-refractivity contribution in [1.29, 1.82) is 0 Å². The average Bonchev–Trinajstić information content (AvgIpc) is 2.87. The zero-order chi connectivity index (χ0) is 17.0. The average molecular weight is 343 g/mol. The lowest BCUT2D eigenvalue weighted by atomic mass is 10.3. The van der Waals surface area contributed by atoms with E-state index in [0.29, 0.717) is 19.4 Å². The number of hydrogen-bond acceptors (Lipinski definition) is 4. The molecule has 1 N–H and O–H groups in total. The lowest BCUT2D eigenvalue weighted by Gasteiger charge is -2.17. The minimum absolute atomic E-state index is 0.0583. The Labute approximate surface area is 137 Å². The number of anilines is 1. The van der Waals surface area contributed by atoms with Gasteiger partial charge in [0.05, 0.1) is 5.69 Å².